The average molecular weight is 319 g/mol. The summed E-state index contributed by atoms with van der Waals surface area (Å²) in [7, 11) is 3.07. The van der Waals surface area contributed by atoms with Crippen molar-refractivity contribution in [1.29, 1.82) is 0 Å². The van der Waals surface area contributed by atoms with Crippen LogP contribution in [0.5, 0.6) is 0 Å². The molecule has 0 bridgehead atoms. The zero-order chi connectivity index (χ0) is 17.1. The molecule has 6 heteroatoms. The summed E-state index contributed by atoms with van der Waals surface area (Å²) in [6, 6.07) is 0. The number of aromatic nitrogens is 1. The van der Waals surface area contributed by atoms with E-state index in [0.717, 1.165) is 18.5 Å². The minimum absolute atomic E-state index is 0.00617. The van der Waals surface area contributed by atoms with Gasteiger partial charge in [-0.1, -0.05) is 13.3 Å². The molecule has 0 atom stereocenters. The quantitative estimate of drug-likeness (QED) is 0.753. The molecule has 0 aromatic carbocycles. The third-order valence-corrected chi connectivity index (χ3v) is 4.09. The van der Waals surface area contributed by atoms with Gasteiger partial charge in [0.2, 0.25) is 11.6 Å². The van der Waals surface area contributed by atoms with E-state index < -0.39 is 0 Å². The third kappa shape index (κ3) is 3.06. The first-order valence-electron chi connectivity index (χ1n) is 7.60. The molecule has 23 heavy (non-hydrogen) atoms. The molecule has 0 N–H and O–H groups in total. The number of allylic oxidation sites excluding steroid dienone is 2. The van der Waals surface area contributed by atoms with Crippen molar-refractivity contribution >= 4 is 17.5 Å². The number of Topliss-reactive ketones (excluding diaryl/α,β-unsaturated/α-hetero) is 1. The van der Waals surface area contributed by atoms with Crippen molar-refractivity contribution in [1.82, 2.24) is 4.57 Å². The van der Waals surface area contributed by atoms with Crippen LogP contribution in [0.15, 0.2) is 11.8 Å². The lowest BCUT2D eigenvalue weighted by Crippen LogP contribution is -2.20. The van der Waals surface area contributed by atoms with Crippen molar-refractivity contribution in [3.8, 4) is 0 Å². The van der Waals surface area contributed by atoms with E-state index in [1.54, 1.807) is 18.5 Å². The van der Waals surface area contributed by atoms with Crippen LogP contribution in [0.4, 0.5) is 0 Å². The molecule has 0 unspecified atom stereocenters. The van der Waals surface area contributed by atoms with E-state index in [-0.39, 0.29) is 35.5 Å². The van der Waals surface area contributed by atoms with Crippen LogP contribution in [0.3, 0.4) is 0 Å². The predicted octanol–water partition coefficient (Wildman–Crippen LogP) is 2.48. The summed E-state index contributed by atoms with van der Waals surface area (Å²) in [5, 5.41) is 0. The molecule has 1 aliphatic rings. The van der Waals surface area contributed by atoms with E-state index in [0.29, 0.717) is 17.7 Å². The number of unbranched alkanes of at least 4 members (excludes halogenated alkanes) is 1. The lowest BCUT2D eigenvalue weighted by atomic mass is 9.96. The van der Waals surface area contributed by atoms with Crippen LogP contribution < -0.4 is 0 Å². The monoisotopic (exact) mass is 319 g/mol. The van der Waals surface area contributed by atoms with Crippen molar-refractivity contribution in [3.63, 3.8) is 0 Å². The van der Waals surface area contributed by atoms with Crippen LogP contribution >= 0.6 is 0 Å². The Balaban J connectivity index is 2.33. The van der Waals surface area contributed by atoms with E-state index in [1.807, 2.05) is 6.92 Å². The van der Waals surface area contributed by atoms with Gasteiger partial charge in [-0.2, -0.15) is 0 Å². The van der Waals surface area contributed by atoms with Gasteiger partial charge in [0.15, 0.2) is 5.76 Å². The second-order valence-electron chi connectivity index (χ2n) is 5.52. The van der Waals surface area contributed by atoms with E-state index in [4.69, 9.17) is 9.47 Å². The third-order valence-electron chi connectivity index (χ3n) is 4.09. The zero-order valence-electron chi connectivity index (χ0n) is 13.9. The Bertz CT molecular complexity index is 696. The first-order valence-corrected chi connectivity index (χ1v) is 7.60. The number of methoxy groups -OCH3 is 1. The fraction of sp³-hybridized carbons (Fsp3) is 0.471. The van der Waals surface area contributed by atoms with Gasteiger partial charge >= 0.3 is 5.97 Å². The molecular weight excluding hydrogens is 298 g/mol. The molecule has 6 nitrogen and oxygen atoms in total. The summed E-state index contributed by atoms with van der Waals surface area (Å²) in [6.45, 7) is 3.77. The molecule has 0 amide bonds. The summed E-state index contributed by atoms with van der Waals surface area (Å²) in [5.41, 5.74) is 1.88. The Morgan fingerprint density at radius 2 is 2.00 bits per heavy atom. The predicted molar refractivity (Wildman–Crippen MR) is 83.2 cm³/mol. The largest absolute Gasteiger partial charge is 0.492 e. The molecule has 0 radical (unpaired) electrons. The summed E-state index contributed by atoms with van der Waals surface area (Å²) in [5.74, 6) is -0.941. The van der Waals surface area contributed by atoms with E-state index in [9.17, 15) is 14.4 Å². The molecular formula is C17H21NO5. The zero-order valence-corrected chi connectivity index (χ0v) is 13.9. The summed E-state index contributed by atoms with van der Waals surface area (Å²) < 4.78 is 11.9. The Morgan fingerprint density at radius 1 is 1.30 bits per heavy atom. The van der Waals surface area contributed by atoms with Crippen LogP contribution in [-0.2, 0) is 27.9 Å². The molecule has 0 fully saturated rings. The number of hydrogen-bond donors (Lipinski definition) is 0. The molecule has 1 aliphatic carbocycles. The number of hydrogen-bond acceptors (Lipinski definition) is 5. The molecule has 0 spiro atoms. The van der Waals surface area contributed by atoms with Crippen molar-refractivity contribution in [2.45, 2.75) is 39.7 Å². The van der Waals surface area contributed by atoms with Crippen LogP contribution in [0, 0.1) is 6.92 Å². The van der Waals surface area contributed by atoms with E-state index >= 15 is 0 Å². The molecule has 1 heterocycles. The second-order valence-corrected chi connectivity index (χ2v) is 5.52. The van der Waals surface area contributed by atoms with Gasteiger partial charge in [-0.15, -0.1) is 0 Å². The SMILES string of the molecule is CCCCC(=O)OCc1c2c(n(C)c1C)C(=O)C=C(OC)C2=O. The minimum atomic E-state index is -0.356. The molecule has 0 saturated carbocycles. The molecule has 124 valence electrons. The molecule has 0 aliphatic heterocycles. The summed E-state index contributed by atoms with van der Waals surface area (Å²) in [6.07, 6.45) is 3.21. The van der Waals surface area contributed by atoms with Crippen molar-refractivity contribution in [2.24, 2.45) is 7.05 Å². The molecule has 1 aromatic rings. The minimum Gasteiger partial charge on any atom is -0.492 e. The lowest BCUT2D eigenvalue weighted by Gasteiger charge is -2.13. The fourth-order valence-corrected chi connectivity index (χ4v) is 2.65. The van der Waals surface area contributed by atoms with Gasteiger partial charge < -0.3 is 14.0 Å². The van der Waals surface area contributed by atoms with Crippen LogP contribution in [0.25, 0.3) is 0 Å². The van der Waals surface area contributed by atoms with E-state index in [2.05, 4.69) is 0 Å². The normalized spacial score (nSPS) is 13.7. The van der Waals surface area contributed by atoms with Gasteiger partial charge in [0.25, 0.3) is 0 Å². The highest BCUT2D eigenvalue weighted by Gasteiger charge is 2.34. The van der Waals surface area contributed by atoms with Gasteiger partial charge in [-0.25, -0.2) is 0 Å². The first-order chi connectivity index (χ1) is 10.9. The van der Waals surface area contributed by atoms with Crippen LogP contribution in [-0.4, -0.2) is 29.2 Å². The number of ketones is 2. The van der Waals surface area contributed by atoms with E-state index in [1.165, 1.54) is 13.2 Å². The number of carbonyl (C=O) groups is 3. The lowest BCUT2D eigenvalue weighted by molar-refractivity contribution is -0.145. The number of nitrogens with zero attached hydrogens (tertiary/aromatic N) is 1. The van der Waals surface area contributed by atoms with Crippen LogP contribution in [0.1, 0.15) is 58.3 Å². The molecule has 2 rings (SSSR count). The Morgan fingerprint density at radius 3 is 2.61 bits per heavy atom. The average Bonchev–Trinajstić information content (AvgIpc) is 2.79. The summed E-state index contributed by atoms with van der Waals surface area (Å²) >= 11 is 0. The maximum Gasteiger partial charge on any atom is 0.306 e. The number of rotatable bonds is 6. The van der Waals surface area contributed by atoms with Gasteiger partial charge in [-0.05, 0) is 13.3 Å². The Hall–Kier alpha value is -2.37. The standard InChI is InChI=1S/C17H21NO5/c1-5-6-7-14(20)23-9-11-10(2)18(3)16-12(19)8-13(22-4)17(21)15(11)16/h8H,5-7,9H2,1-4H3. The fourth-order valence-electron chi connectivity index (χ4n) is 2.65. The smallest absolute Gasteiger partial charge is 0.306 e. The van der Waals surface area contributed by atoms with Gasteiger partial charge in [-0.3, -0.25) is 14.4 Å². The van der Waals surface area contributed by atoms with Crippen LogP contribution in [0.2, 0.25) is 0 Å². The first kappa shape index (κ1) is 17.0. The maximum absolute atomic E-state index is 12.5. The highest BCUT2D eigenvalue weighted by molar-refractivity contribution is 6.24. The number of fused-ring (bicyclic) bond motifs is 1. The Kier molecular flexibility index (Phi) is 5.03. The highest BCUT2D eigenvalue weighted by Crippen LogP contribution is 2.30. The summed E-state index contributed by atoms with van der Waals surface area (Å²) in [4.78, 5) is 36.4. The van der Waals surface area contributed by atoms with Crippen molar-refractivity contribution in [2.75, 3.05) is 7.11 Å². The number of carbonyl (C=O) groups excluding carboxylic acids is 3. The van der Waals surface area contributed by atoms with Crippen molar-refractivity contribution in [3.05, 3.63) is 34.3 Å². The highest BCUT2D eigenvalue weighted by atomic mass is 16.5. The van der Waals surface area contributed by atoms with Gasteiger partial charge in [0, 0.05) is 30.8 Å². The van der Waals surface area contributed by atoms with Crippen molar-refractivity contribution < 1.29 is 23.9 Å². The second kappa shape index (κ2) is 6.81. The molecule has 0 saturated heterocycles. The molecule has 1 aromatic heterocycles. The maximum atomic E-state index is 12.5. The van der Waals surface area contributed by atoms with Gasteiger partial charge in [0.05, 0.1) is 12.7 Å². The topological polar surface area (TPSA) is 74.6 Å². The number of esters is 1. The Labute approximate surface area is 135 Å². The van der Waals surface area contributed by atoms with Gasteiger partial charge in [0.1, 0.15) is 12.3 Å². The number of ether oxygens (including phenoxy) is 2.